The molecule has 1 saturated heterocycles. The Balaban J connectivity index is 2.37. The van der Waals surface area contributed by atoms with Crippen molar-refractivity contribution in [2.45, 2.75) is 31.2 Å². The molecular formula is C14H18ClN3O2S. The molecule has 1 fully saturated rings. The van der Waals surface area contributed by atoms with E-state index in [1.54, 1.807) is 0 Å². The van der Waals surface area contributed by atoms with Crippen LogP contribution in [0.25, 0.3) is 0 Å². The van der Waals surface area contributed by atoms with E-state index in [-0.39, 0.29) is 21.4 Å². The molecule has 0 amide bonds. The normalized spacial score (nSPS) is 22.7. The molecular weight excluding hydrogens is 310 g/mol. The van der Waals surface area contributed by atoms with Crippen LogP contribution < -0.4 is 5.73 Å². The van der Waals surface area contributed by atoms with E-state index in [0.29, 0.717) is 25.1 Å². The summed E-state index contributed by atoms with van der Waals surface area (Å²) in [5, 5.41) is 8.89. The summed E-state index contributed by atoms with van der Waals surface area (Å²) in [5.41, 5.74) is 6.09. The molecule has 0 saturated carbocycles. The highest BCUT2D eigenvalue weighted by Gasteiger charge is 2.39. The molecule has 0 aliphatic carbocycles. The number of rotatable bonds is 2. The van der Waals surface area contributed by atoms with Crippen molar-refractivity contribution < 1.29 is 8.42 Å². The molecule has 0 spiro atoms. The lowest BCUT2D eigenvalue weighted by atomic mass is 9.81. The van der Waals surface area contributed by atoms with Crippen LogP contribution in [-0.2, 0) is 10.0 Å². The van der Waals surface area contributed by atoms with Crippen molar-refractivity contribution >= 4 is 21.6 Å². The van der Waals surface area contributed by atoms with Crippen molar-refractivity contribution in [3.05, 3.63) is 28.8 Å². The smallest absolute Gasteiger partial charge is 0.244 e. The predicted molar refractivity (Wildman–Crippen MR) is 81.3 cm³/mol. The van der Waals surface area contributed by atoms with Crippen molar-refractivity contribution in [3.63, 3.8) is 0 Å². The summed E-state index contributed by atoms with van der Waals surface area (Å²) in [7, 11) is -3.68. The Hall–Kier alpha value is -1.13. The second kappa shape index (κ2) is 5.58. The minimum atomic E-state index is -3.68. The first-order chi connectivity index (χ1) is 9.68. The van der Waals surface area contributed by atoms with Gasteiger partial charge in [0.15, 0.2) is 0 Å². The highest BCUT2D eigenvalue weighted by atomic mass is 35.5. The largest absolute Gasteiger partial charge is 0.327 e. The maximum absolute atomic E-state index is 12.7. The third-order valence-electron chi connectivity index (χ3n) is 3.96. The Morgan fingerprint density at radius 3 is 2.67 bits per heavy atom. The first-order valence-corrected chi connectivity index (χ1v) is 8.45. The molecule has 0 bridgehead atoms. The van der Waals surface area contributed by atoms with Gasteiger partial charge in [0.1, 0.15) is 4.90 Å². The quantitative estimate of drug-likeness (QED) is 0.899. The van der Waals surface area contributed by atoms with E-state index in [1.165, 1.54) is 22.5 Å². The third-order valence-corrected chi connectivity index (χ3v) is 6.28. The fourth-order valence-electron chi connectivity index (χ4n) is 2.45. The average Bonchev–Trinajstić information content (AvgIpc) is 2.41. The number of nitrogens with two attached hydrogens (primary N) is 1. The van der Waals surface area contributed by atoms with Crippen LogP contribution in [0.4, 0.5) is 0 Å². The van der Waals surface area contributed by atoms with Gasteiger partial charge in [0.05, 0.1) is 16.7 Å². The Bertz CT molecular complexity index is 695. The fourth-order valence-corrected chi connectivity index (χ4v) is 4.59. The van der Waals surface area contributed by atoms with Gasteiger partial charge in [0, 0.05) is 19.1 Å². The molecule has 0 aromatic heterocycles. The summed E-state index contributed by atoms with van der Waals surface area (Å²) in [4.78, 5) is 0.0365. The van der Waals surface area contributed by atoms with Crippen molar-refractivity contribution in [2.75, 3.05) is 13.1 Å². The Kier molecular flexibility index (Phi) is 4.31. The van der Waals surface area contributed by atoms with Crippen molar-refractivity contribution in [1.29, 1.82) is 5.26 Å². The summed E-state index contributed by atoms with van der Waals surface area (Å²) in [6, 6.07) is 6.12. The van der Waals surface area contributed by atoms with Gasteiger partial charge in [-0.2, -0.15) is 9.57 Å². The first-order valence-electron chi connectivity index (χ1n) is 6.64. The van der Waals surface area contributed by atoms with Crippen molar-refractivity contribution in [3.8, 4) is 6.07 Å². The van der Waals surface area contributed by atoms with Crippen LogP contribution in [0.3, 0.4) is 0 Å². The predicted octanol–water partition coefficient (Wildman–Crippen LogP) is 1.96. The van der Waals surface area contributed by atoms with Crippen LogP contribution in [0, 0.1) is 16.7 Å². The second-order valence-corrected chi connectivity index (χ2v) is 8.29. The molecule has 1 atom stereocenters. The number of hydrogen-bond acceptors (Lipinski definition) is 4. The van der Waals surface area contributed by atoms with Crippen LogP contribution in [0.1, 0.15) is 25.8 Å². The van der Waals surface area contributed by atoms with Crippen molar-refractivity contribution in [1.82, 2.24) is 4.31 Å². The lowest BCUT2D eigenvalue weighted by Crippen LogP contribution is -2.53. The topological polar surface area (TPSA) is 87.2 Å². The zero-order valence-corrected chi connectivity index (χ0v) is 13.6. The van der Waals surface area contributed by atoms with Gasteiger partial charge in [0.25, 0.3) is 0 Å². The monoisotopic (exact) mass is 327 g/mol. The summed E-state index contributed by atoms with van der Waals surface area (Å²) in [6.45, 7) is 4.65. The lowest BCUT2D eigenvalue weighted by Gasteiger charge is -2.41. The van der Waals surface area contributed by atoms with Crippen LogP contribution in [0.15, 0.2) is 23.1 Å². The second-order valence-electron chi connectivity index (χ2n) is 5.98. The van der Waals surface area contributed by atoms with Gasteiger partial charge >= 0.3 is 0 Å². The minimum Gasteiger partial charge on any atom is -0.327 e. The van der Waals surface area contributed by atoms with E-state index in [9.17, 15) is 8.42 Å². The molecule has 1 heterocycles. The average molecular weight is 328 g/mol. The third kappa shape index (κ3) is 3.06. The first kappa shape index (κ1) is 16.2. The molecule has 5 nitrogen and oxygen atoms in total. The maximum Gasteiger partial charge on any atom is 0.244 e. The standard InChI is InChI=1S/C14H18ClN3O2S/c1-14(2)9-18(6-5-13(14)17)21(19,20)12-4-3-10(8-16)7-11(12)15/h3-4,7,13H,5-6,9,17H2,1-2H3. The van der Waals surface area contributed by atoms with Crippen LogP contribution in [0.2, 0.25) is 5.02 Å². The summed E-state index contributed by atoms with van der Waals surface area (Å²) >= 11 is 6.03. The molecule has 2 N–H and O–H groups in total. The Labute approximate surface area is 130 Å². The fraction of sp³-hybridized carbons (Fsp3) is 0.500. The van der Waals surface area contributed by atoms with Crippen LogP contribution in [-0.4, -0.2) is 31.9 Å². The number of piperidine rings is 1. The summed E-state index contributed by atoms with van der Waals surface area (Å²) < 4.78 is 26.9. The van der Waals surface area contributed by atoms with Gasteiger partial charge in [-0.05, 0) is 30.0 Å². The van der Waals surface area contributed by atoms with E-state index >= 15 is 0 Å². The van der Waals surface area contributed by atoms with Gasteiger partial charge in [-0.15, -0.1) is 0 Å². The minimum absolute atomic E-state index is 0.0274. The number of nitrogens with zero attached hydrogens (tertiary/aromatic N) is 2. The van der Waals surface area contributed by atoms with Crippen LogP contribution >= 0.6 is 11.6 Å². The molecule has 1 aliphatic rings. The Morgan fingerprint density at radius 2 is 2.14 bits per heavy atom. The van der Waals surface area contributed by atoms with E-state index < -0.39 is 10.0 Å². The number of nitriles is 1. The highest BCUT2D eigenvalue weighted by Crippen LogP contribution is 2.33. The molecule has 1 aliphatic heterocycles. The molecule has 1 aromatic carbocycles. The number of benzene rings is 1. The molecule has 1 aromatic rings. The number of hydrogen-bond donors (Lipinski definition) is 1. The van der Waals surface area contributed by atoms with E-state index in [1.807, 2.05) is 19.9 Å². The van der Waals surface area contributed by atoms with Gasteiger partial charge in [-0.1, -0.05) is 25.4 Å². The molecule has 21 heavy (non-hydrogen) atoms. The van der Waals surface area contributed by atoms with E-state index in [2.05, 4.69) is 0 Å². The van der Waals surface area contributed by atoms with Crippen LogP contribution in [0.5, 0.6) is 0 Å². The van der Waals surface area contributed by atoms with Gasteiger partial charge in [-0.25, -0.2) is 8.42 Å². The molecule has 114 valence electrons. The van der Waals surface area contributed by atoms with E-state index in [4.69, 9.17) is 22.6 Å². The molecule has 7 heteroatoms. The van der Waals surface area contributed by atoms with Gasteiger partial charge in [0.2, 0.25) is 10.0 Å². The zero-order valence-electron chi connectivity index (χ0n) is 12.0. The molecule has 1 unspecified atom stereocenters. The lowest BCUT2D eigenvalue weighted by molar-refractivity contribution is 0.155. The summed E-state index contributed by atoms with van der Waals surface area (Å²) in [6.07, 6.45) is 0.611. The highest BCUT2D eigenvalue weighted by molar-refractivity contribution is 7.89. The number of halogens is 1. The summed E-state index contributed by atoms with van der Waals surface area (Å²) in [5.74, 6) is 0. The zero-order chi connectivity index (χ0) is 15.8. The van der Waals surface area contributed by atoms with Crippen molar-refractivity contribution in [2.24, 2.45) is 11.1 Å². The molecule has 2 rings (SSSR count). The van der Waals surface area contributed by atoms with Gasteiger partial charge in [-0.3, -0.25) is 0 Å². The molecule has 0 radical (unpaired) electrons. The maximum atomic E-state index is 12.7. The SMILES string of the molecule is CC1(C)CN(S(=O)(=O)c2ccc(C#N)cc2Cl)CCC1N. The Morgan fingerprint density at radius 1 is 1.48 bits per heavy atom. The van der Waals surface area contributed by atoms with E-state index in [0.717, 1.165) is 0 Å². The van der Waals surface area contributed by atoms with Gasteiger partial charge < -0.3 is 5.73 Å². The number of sulfonamides is 1.